The number of carbonyl (C=O) groups is 1. The van der Waals surface area contributed by atoms with E-state index in [0.29, 0.717) is 18.8 Å². The van der Waals surface area contributed by atoms with Crippen LogP contribution in [-0.2, 0) is 4.74 Å². The number of nitrogens with one attached hydrogen (secondary N) is 1. The minimum absolute atomic E-state index is 0.0502. The highest BCUT2D eigenvalue weighted by atomic mass is 32.1. The molecule has 3 N–H and O–H groups in total. The Kier molecular flexibility index (Phi) is 4.87. The van der Waals surface area contributed by atoms with Crippen LogP contribution in [0.25, 0.3) is 0 Å². The molecule has 0 aromatic carbocycles. The van der Waals surface area contributed by atoms with Crippen molar-refractivity contribution >= 4 is 17.2 Å². The number of nitrogens with zero attached hydrogens (tertiary/aromatic N) is 2. The van der Waals surface area contributed by atoms with E-state index >= 15 is 0 Å². The van der Waals surface area contributed by atoms with Crippen molar-refractivity contribution < 1.29 is 9.53 Å². The molecule has 7 heteroatoms. The molecule has 1 saturated heterocycles. The topological polar surface area (TPSA) is 80.5 Å². The van der Waals surface area contributed by atoms with E-state index in [1.165, 1.54) is 11.3 Å². The third kappa shape index (κ3) is 3.97. The van der Waals surface area contributed by atoms with Gasteiger partial charge in [0.05, 0.1) is 18.8 Å². The van der Waals surface area contributed by atoms with Gasteiger partial charge in [-0.15, -0.1) is 11.3 Å². The number of aromatic nitrogens is 1. The van der Waals surface area contributed by atoms with E-state index in [1.807, 2.05) is 14.0 Å². The Hall–Kier alpha value is -1.02. The zero-order valence-corrected chi connectivity index (χ0v) is 12.1. The van der Waals surface area contributed by atoms with Gasteiger partial charge in [0.25, 0.3) is 5.91 Å². The normalized spacial score (nSPS) is 22.2. The molecule has 106 valence electrons. The summed E-state index contributed by atoms with van der Waals surface area (Å²) in [6.07, 6.45) is 0.0502. The molecule has 2 atom stereocenters. The summed E-state index contributed by atoms with van der Waals surface area (Å²) in [5.41, 5.74) is 6.16. The lowest BCUT2D eigenvalue weighted by Gasteiger charge is -2.29. The standard InChI is InChI=1S/C12H20N4O2S/c1-8(13)12-15-10(7-19-12)11(17)14-5-9-6-16(2)3-4-18-9/h7-9H,3-6,13H2,1-2H3,(H,14,17). The second kappa shape index (κ2) is 6.42. The number of nitrogens with two attached hydrogens (primary N) is 1. The van der Waals surface area contributed by atoms with Gasteiger partial charge in [-0.1, -0.05) is 0 Å². The van der Waals surface area contributed by atoms with Crippen LogP contribution in [0, 0.1) is 0 Å². The molecule has 0 bridgehead atoms. The summed E-state index contributed by atoms with van der Waals surface area (Å²) >= 11 is 1.41. The van der Waals surface area contributed by atoms with E-state index in [4.69, 9.17) is 10.5 Å². The SMILES string of the molecule is CC(N)c1nc(C(=O)NCC2CN(C)CCO2)cs1. The van der Waals surface area contributed by atoms with Gasteiger partial charge in [-0.2, -0.15) is 0 Å². The van der Waals surface area contributed by atoms with Crippen molar-refractivity contribution in [1.29, 1.82) is 0 Å². The molecule has 0 spiro atoms. The number of hydrogen-bond donors (Lipinski definition) is 2. The van der Waals surface area contributed by atoms with Crippen molar-refractivity contribution in [3.05, 3.63) is 16.1 Å². The molecular formula is C12H20N4O2S. The second-order valence-electron chi connectivity index (χ2n) is 4.82. The second-order valence-corrected chi connectivity index (χ2v) is 5.71. The fourth-order valence-electron chi connectivity index (χ4n) is 1.89. The van der Waals surface area contributed by atoms with Crippen molar-refractivity contribution in [3.63, 3.8) is 0 Å². The summed E-state index contributed by atoms with van der Waals surface area (Å²) in [5.74, 6) is -0.167. The third-order valence-electron chi connectivity index (χ3n) is 2.98. The van der Waals surface area contributed by atoms with Crippen LogP contribution in [0.1, 0.15) is 28.5 Å². The maximum absolute atomic E-state index is 11.9. The summed E-state index contributed by atoms with van der Waals surface area (Å²) in [4.78, 5) is 18.3. The molecule has 2 rings (SSSR count). The third-order valence-corrected chi connectivity index (χ3v) is 4.02. The molecule has 1 fully saturated rings. The van der Waals surface area contributed by atoms with E-state index in [1.54, 1.807) is 5.38 Å². The van der Waals surface area contributed by atoms with Crippen molar-refractivity contribution in [2.75, 3.05) is 33.3 Å². The Morgan fingerprint density at radius 2 is 2.58 bits per heavy atom. The lowest BCUT2D eigenvalue weighted by atomic mass is 10.3. The first-order chi connectivity index (χ1) is 9.06. The van der Waals surface area contributed by atoms with Crippen LogP contribution in [0.4, 0.5) is 0 Å². The Labute approximate surface area is 116 Å². The van der Waals surface area contributed by atoms with E-state index < -0.39 is 0 Å². The fourth-order valence-corrected chi connectivity index (χ4v) is 2.65. The molecular weight excluding hydrogens is 264 g/mol. The summed E-state index contributed by atoms with van der Waals surface area (Å²) in [7, 11) is 2.05. The van der Waals surface area contributed by atoms with Crippen LogP contribution in [-0.4, -0.2) is 55.2 Å². The fraction of sp³-hybridized carbons (Fsp3) is 0.667. The van der Waals surface area contributed by atoms with Gasteiger partial charge < -0.3 is 20.7 Å². The number of rotatable bonds is 4. The van der Waals surface area contributed by atoms with Crippen LogP contribution >= 0.6 is 11.3 Å². The van der Waals surface area contributed by atoms with E-state index in [-0.39, 0.29) is 18.1 Å². The smallest absolute Gasteiger partial charge is 0.270 e. The Bertz CT molecular complexity index is 435. The summed E-state index contributed by atoms with van der Waals surface area (Å²) in [6, 6.07) is -0.137. The van der Waals surface area contributed by atoms with Gasteiger partial charge in [-0.25, -0.2) is 4.98 Å². The molecule has 2 heterocycles. The monoisotopic (exact) mass is 284 g/mol. The minimum atomic E-state index is -0.167. The lowest BCUT2D eigenvalue weighted by molar-refractivity contribution is -0.0175. The van der Waals surface area contributed by atoms with E-state index in [2.05, 4.69) is 15.2 Å². The van der Waals surface area contributed by atoms with Crippen LogP contribution in [0.3, 0.4) is 0 Å². The molecule has 0 radical (unpaired) electrons. The van der Waals surface area contributed by atoms with Crippen LogP contribution in [0.5, 0.6) is 0 Å². The van der Waals surface area contributed by atoms with E-state index in [0.717, 1.165) is 18.1 Å². The van der Waals surface area contributed by atoms with Gasteiger partial charge in [0, 0.05) is 25.0 Å². The Balaban J connectivity index is 1.83. The van der Waals surface area contributed by atoms with Crippen molar-refractivity contribution in [3.8, 4) is 0 Å². The highest BCUT2D eigenvalue weighted by Gasteiger charge is 2.19. The number of likely N-dealkylation sites (N-methyl/N-ethyl adjacent to an activating group) is 1. The number of morpholine rings is 1. The number of hydrogen-bond acceptors (Lipinski definition) is 6. The van der Waals surface area contributed by atoms with Crippen molar-refractivity contribution in [2.24, 2.45) is 5.73 Å². The largest absolute Gasteiger partial charge is 0.374 e. The Morgan fingerprint density at radius 1 is 1.79 bits per heavy atom. The predicted molar refractivity (Wildman–Crippen MR) is 74.3 cm³/mol. The molecule has 1 amide bonds. The maximum Gasteiger partial charge on any atom is 0.270 e. The number of amides is 1. The molecule has 1 aromatic heterocycles. The first-order valence-electron chi connectivity index (χ1n) is 6.35. The zero-order valence-electron chi connectivity index (χ0n) is 11.3. The molecule has 6 nitrogen and oxygen atoms in total. The predicted octanol–water partition coefficient (Wildman–Crippen LogP) is 0.223. The van der Waals surface area contributed by atoms with Gasteiger partial charge in [-0.3, -0.25) is 4.79 Å². The van der Waals surface area contributed by atoms with Crippen molar-refractivity contribution in [1.82, 2.24) is 15.2 Å². The Morgan fingerprint density at radius 3 is 3.21 bits per heavy atom. The summed E-state index contributed by atoms with van der Waals surface area (Å²) < 4.78 is 5.58. The number of ether oxygens (including phenoxy) is 1. The lowest BCUT2D eigenvalue weighted by Crippen LogP contribution is -2.45. The van der Waals surface area contributed by atoms with Gasteiger partial charge >= 0.3 is 0 Å². The zero-order chi connectivity index (χ0) is 13.8. The molecule has 0 saturated carbocycles. The molecule has 1 aromatic rings. The van der Waals surface area contributed by atoms with Crippen LogP contribution in [0.2, 0.25) is 0 Å². The van der Waals surface area contributed by atoms with Crippen LogP contribution < -0.4 is 11.1 Å². The summed E-state index contributed by atoms with van der Waals surface area (Å²) in [5, 5.41) is 5.37. The van der Waals surface area contributed by atoms with Crippen molar-refractivity contribution in [2.45, 2.75) is 19.1 Å². The first kappa shape index (κ1) is 14.4. The van der Waals surface area contributed by atoms with Gasteiger partial charge in [0.1, 0.15) is 10.7 Å². The number of thiazole rings is 1. The average molecular weight is 284 g/mol. The molecule has 1 aliphatic heterocycles. The average Bonchev–Trinajstić information content (AvgIpc) is 2.86. The first-order valence-corrected chi connectivity index (χ1v) is 7.23. The van der Waals surface area contributed by atoms with Gasteiger partial charge in [-0.05, 0) is 14.0 Å². The highest BCUT2D eigenvalue weighted by Crippen LogP contribution is 2.15. The molecule has 19 heavy (non-hydrogen) atoms. The number of carbonyl (C=O) groups excluding carboxylic acids is 1. The van der Waals surface area contributed by atoms with Gasteiger partial charge in [0.2, 0.25) is 0 Å². The molecule has 0 aliphatic carbocycles. The molecule has 2 unspecified atom stereocenters. The van der Waals surface area contributed by atoms with Gasteiger partial charge in [0.15, 0.2) is 0 Å². The quantitative estimate of drug-likeness (QED) is 0.827. The maximum atomic E-state index is 11.9. The minimum Gasteiger partial charge on any atom is -0.374 e. The van der Waals surface area contributed by atoms with Crippen LogP contribution in [0.15, 0.2) is 5.38 Å². The highest BCUT2D eigenvalue weighted by molar-refractivity contribution is 7.09. The van der Waals surface area contributed by atoms with E-state index in [9.17, 15) is 4.79 Å². The summed E-state index contributed by atoms with van der Waals surface area (Å²) in [6.45, 7) is 4.85. The molecule has 1 aliphatic rings.